The molecule has 0 unspecified atom stereocenters. The van der Waals surface area contributed by atoms with Gasteiger partial charge in [0.05, 0.1) is 11.9 Å². The lowest BCUT2D eigenvalue weighted by molar-refractivity contribution is 0.408. The van der Waals surface area contributed by atoms with Crippen LogP contribution in [0.15, 0.2) is 43.0 Å². The highest BCUT2D eigenvalue weighted by Crippen LogP contribution is 2.24. The molecule has 1 aliphatic rings. The quantitative estimate of drug-likeness (QED) is 0.794. The summed E-state index contributed by atoms with van der Waals surface area (Å²) in [5.41, 5.74) is 2.85. The molecule has 128 valence electrons. The molecule has 6 heteroatoms. The van der Waals surface area contributed by atoms with E-state index >= 15 is 0 Å². The van der Waals surface area contributed by atoms with Crippen LogP contribution in [0.1, 0.15) is 24.2 Å². The molecule has 0 radical (unpaired) electrons. The van der Waals surface area contributed by atoms with E-state index in [0.29, 0.717) is 5.92 Å². The van der Waals surface area contributed by atoms with Crippen molar-refractivity contribution >= 4 is 5.82 Å². The van der Waals surface area contributed by atoms with Crippen LogP contribution in [-0.2, 0) is 6.42 Å². The van der Waals surface area contributed by atoms with E-state index in [1.807, 2.05) is 37.6 Å². The first kappa shape index (κ1) is 15.7. The Balaban J connectivity index is 1.41. The third-order valence-electron chi connectivity index (χ3n) is 4.64. The van der Waals surface area contributed by atoms with E-state index < -0.39 is 0 Å². The Hall–Kier alpha value is -2.76. The second-order valence-electron chi connectivity index (χ2n) is 6.65. The van der Waals surface area contributed by atoms with Crippen LogP contribution in [0.5, 0.6) is 0 Å². The van der Waals surface area contributed by atoms with Crippen LogP contribution in [0.4, 0.5) is 5.82 Å². The Morgan fingerprint density at radius 2 is 2.08 bits per heavy atom. The van der Waals surface area contributed by atoms with Crippen LogP contribution in [0.3, 0.4) is 0 Å². The van der Waals surface area contributed by atoms with E-state index in [-0.39, 0.29) is 0 Å². The zero-order valence-electron chi connectivity index (χ0n) is 14.4. The minimum atomic E-state index is 0.585. The van der Waals surface area contributed by atoms with E-state index in [9.17, 15) is 0 Å². The first-order valence-corrected chi connectivity index (χ1v) is 8.77. The molecule has 4 heterocycles. The van der Waals surface area contributed by atoms with Crippen LogP contribution in [0.2, 0.25) is 0 Å². The molecule has 0 amide bonds. The molecule has 0 aliphatic carbocycles. The molecule has 0 bridgehead atoms. The summed E-state index contributed by atoms with van der Waals surface area (Å²) in [6, 6.07) is 6.09. The number of hydrogen-bond donors (Lipinski definition) is 1. The molecule has 1 saturated heterocycles. The number of imidazole rings is 1. The summed E-state index contributed by atoms with van der Waals surface area (Å²) >= 11 is 0. The summed E-state index contributed by atoms with van der Waals surface area (Å²) in [6.45, 7) is 4.09. The topological polar surface area (TPSA) is 70.6 Å². The van der Waals surface area contributed by atoms with Gasteiger partial charge in [-0.25, -0.2) is 15.0 Å². The van der Waals surface area contributed by atoms with Gasteiger partial charge in [-0.2, -0.15) is 0 Å². The van der Waals surface area contributed by atoms with Crippen molar-refractivity contribution in [3.8, 4) is 11.5 Å². The van der Waals surface area contributed by atoms with Crippen LogP contribution in [0, 0.1) is 12.8 Å². The third-order valence-corrected chi connectivity index (χ3v) is 4.64. The van der Waals surface area contributed by atoms with Gasteiger partial charge in [0.25, 0.3) is 0 Å². The van der Waals surface area contributed by atoms with E-state index in [1.54, 1.807) is 6.20 Å². The normalized spacial score (nSPS) is 17.6. The minimum Gasteiger partial charge on any atom is -0.356 e. The molecule has 4 rings (SSSR count). The lowest BCUT2D eigenvalue weighted by Gasteiger charge is -2.33. The molecule has 1 atom stereocenters. The number of hydrogen-bond acceptors (Lipinski definition) is 5. The van der Waals surface area contributed by atoms with Gasteiger partial charge in [-0.05, 0) is 44.2 Å². The second kappa shape index (κ2) is 7.01. The maximum Gasteiger partial charge on any atom is 0.157 e. The maximum absolute atomic E-state index is 4.60. The molecule has 0 saturated carbocycles. The number of aryl methyl sites for hydroxylation is 1. The highest BCUT2D eigenvalue weighted by Gasteiger charge is 2.21. The Bertz CT molecular complexity index is 811. The highest BCUT2D eigenvalue weighted by molar-refractivity contribution is 5.47. The fraction of sp³-hybridized carbons (Fsp3) is 0.368. The lowest BCUT2D eigenvalue weighted by Crippen LogP contribution is -2.36. The van der Waals surface area contributed by atoms with Crippen molar-refractivity contribution in [3.05, 3.63) is 54.4 Å². The fourth-order valence-electron chi connectivity index (χ4n) is 3.40. The predicted molar refractivity (Wildman–Crippen MR) is 97.2 cm³/mol. The van der Waals surface area contributed by atoms with Crippen molar-refractivity contribution < 1.29 is 0 Å². The summed E-state index contributed by atoms with van der Waals surface area (Å²) in [6.07, 6.45) is 10.7. The number of H-pyrrole nitrogens is 1. The lowest BCUT2D eigenvalue weighted by atomic mass is 9.93. The van der Waals surface area contributed by atoms with Gasteiger partial charge in [-0.15, -0.1) is 0 Å². The zero-order valence-corrected chi connectivity index (χ0v) is 14.4. The average molecular weight is 334 g/mol. The number of aromatic amines is 1. The predicted octanol–water partition coefficient (Wildman–Crippen LogP) is 3.03. The first-order chi connectivity index (χ1) is 12.3. The van der Waals surface area contributed by atoms with Crippen molar-refractivity contribution in [2.45, 2.75) is 26.2 Å². The van der Waals surface area contributed by atoms with E-state index in [1.165, 1.54) is 12.8 Å². The van der Waals surface area contributed by atoms with Gasteiger partial charge in [0.15, 0.2) is 5.82 Å². The van der Waals surface area contributed by atoms with Crippen molar-refractivity contribution in [1.29, 1.82) is 0 Å². The van der Waals surface area contributed by atoms with Gasteiger partial charge in [-0.3, -0.25) is 4.98 Å². The molecule has 0 aromatic carbocycles. The standard InChI is InChI=1S/C19H22N6/c1-14-10-23-19(24-14)17-12-21-16(11-22-17)9-15-5-4-8-25(13-15)18-6-2-3-7-20-18/h2-3,6-7,10-12,15H,4-5,8-9,13H2,1H3,(H,23,24)/t15-/m0/s1. The SMILES string of the molecule is Cc1cnc(-c2cnc(C[C@@H]3CCCN(c4ccccn4)C3)cn2)[nH]1. The van der Waals surface area contributed by atoms with Crippen molar-refractivity contribution in [3.63, 3.8) is 0 Å². The van der Waals surface area contributed by atoms with Crippen molar-refractivity contribution in [1.82, 2.24) is 24.9 Å². The average Bonchev–Trinajstić information content (AvgIpc) is 3.10. The Labute approximate surface area is 147 Å². The second-order valence-corrected chi connectivity index (χ2v) is 6.65. The summed E-state index contributed by atoms with van der Waals surface area (Å²) in [5.74, 6) is 2.43. The highest BCUT2D eigenvalue weighted by atomic mass is 15.2. The summed E-state index contributed by atoms with van der Waals surface area (Å²) in [7, 11) is 0. The summed E-state index contributed by atoms with van der Waals surface area (Å²) < 4.78 is 0. The molecule has 0 spiro atoms. The van der Waals surface area contributed by atoms with Gasteiger partial charge in [-0.1, -0.05) is 6.07 Å². The number of rotatable bonds is 4. The van der Waals surface area contributed by atoms with Gasteiger partial charge < -0.3 is 9.88 Å². The van der Waals surface area contributed by atoms with Crippen LogP contribution in [0.25, 0.3) is 11.5 Å². The molecule has 25 heavy (non-hydrogen) atoms. The summed E-state index contributed by atoms with van der Waals surface area (Å²) in [5, 5.41) is 0. The molecular weight excluding hydrogens is 312 g/mol. The third kappa shape index (κ3) is 3.68. The number of nitrogens with zero attached hydrogens (tertiary/aromatic N) is 5. The molecule has 1 fully saturated rings. The van der Waals surface area contributed by atoms with Crippen LogP contribution < -0.4 is 4.90 Å². The van der Waals surface area contributed by atoms with E-state index in [0.717, 1.165) is 48.2 Å². The van der Waals surface area contributed by atoms with Gasteiger partial charge in [0.1, 0.15) is 11.5 Å². The molecule has 1 aliphatic heterocycles. The van der Waals surface area contributed by atoms with Crippen LogP contribution in [-0.4, -0.2) is 38.0 Å². The Kier molecular flexibility index (Phi) is 4.41. The molecular formula is C19H22N6. The zero-order chi connectivity index (χ0) is 17.1. The largest absolute Gasteiger partial charge is 0.356 e. The Morgan fingerprint density at radius 1 is 1.12 bits per heavy atom. The van der Waals surface area contributed by atoms with Gasteiger partial charge in [0.2, 0.25) is 0 Å². The maximum atomic E-state index is 4.60. The Morgan fingerprint density at radius 3 is 2.80 bits per heavy atom. The van der Waals surface area contributed by atoms with E-state index in [2.05, 4.69) is 35.9 Å². The van der Waals surface area contributed by atoms with Gasteiger partial charge in [0, 0.05) is 37.4 Å². The summed E-state index contributed by atoms with van der Waals surface area (Å²) in [4.78, 5) is 23.5. The first-order valence-electron chi connectivity index (χ1n) is 8.77. The number of nitrogens with one attached hydrogen (secondary N) is 1. The van der Waals surface area contributed by atoms with Gasteiger partial charge >= 0.3 is 0 Å². The van der Waals surface area contributed by atoms with Crippen LogP contribution >= 0.6 is 0 Å². The number of aromatic nitrogens is 5. The van der Waals surface area contributed by atoms with Crippen molar-refractivity contribution in [2.75, 3.05) is 18.0 Å². The number of piperidine rings is 1. The number of anilines is 1. The molecule has 3 aromatic heterocycles. The molecule has 1 N–H and O–H groups in total. The fourth-order valence-corrected chi connectivity index (χ4v) is 3.40. The number of pyridine rings is 1. The van der Waals surface area contributed by atoms with E-state index in [4.69, 9.17) is 0 Å². The monoisotopic (exact) mass is 334 g/mol. The molecule has 6 nitrogen and oxygen atoms in total. The van der Waals surface area contributed by atoms with Crippen molar-refractivity contribution in [2.24, 2.45) is 5.92 Å². The smallest absolute Gasteiger partial charge is 0.157 e. The molecule has 3 aromatic rings. The minimum absolute atomic E-state index is 0.585.